The number of thioether (sulfide) groups is 1. The predicted octanol–water partition coefficient (Wildman–Crippen LogP) is 0.354. The third kappa shape index (κ3) is 4.03. The minimum atomic E-state index is -1.13. The minimum absolute atomic E-state index is 0.244. The number of nitrogens with zero attached hydrogens (tertiary/aromatic N) is 2. The zero-order valence-corrected chi connectivity index (χ0v) is 9.58. The maximum atomic E-state index is 9.55. The number of rotatable bonds is 5. The molecule has 0 saturated carbocycles. The van der Waals surface area contributed by atoms with E-state index in [0.717, 1.165) is 5.03 Å². The molecule has 0 spiro atoms. The highest BCUT2D eigenvalue weighted by atomic mass is 32.2. The van der Waals surface area contributed by atoms with Crippen LogP contribution in [0.1, 0.15) is 6.92 Å². The van der Waals surface area contributed by atoms with Gasteiger partial charge in [0, 0.05) is 12.6 Å². The highest BCUT2D eigenvalue weighted by molar-refractivity contribution is 7.98. The topological polar surface area (TPSA) is 78.3 Å². The molecule has 1 heterocycles. The summed E-state index contributed by atoms with van der Waals surface area (Å²) in [6.07, 6.45) is 3.39. The van der Waals surface area contributed by atoms with Crippen LogP contribution in [-0.4, -0.2) is 45.2 Å². The minimum Gasteiger partial charge on any atom is -0.393 e. The summed E-state index contributed by atoms with van der Waals surface area (Å²) in [5.74, 6) is 0.642. The number of hydrogen-bond donors (Lipinski definition) is 3. The lowest BCUT2D eigenvalue weighted by atomic mass is 10.1. The number of aliphatic hydroxyl groups excluding tert-OH is 1. The third-order valence-corrected chi connectivity index (χ3v) is 2.48. The van der Waals surface area contributed by atoms with Gasteiger partial charge in [0.05, 0.1) is 6.61 Å². The molecule has 1 aromatic rings. The Bertz CT molecular complexity index is 320. The molecule has 0 bridgehead atoms. The molecule has 1 aromatic heterocycles. The van der Waals surface area contributed by atoms with E-state index < -0.39 is 5.60 Å². The van der Waals surface area contributed by atoms with E-state index in [1.807, 2.05) is 6.26 Å². The fourth-order valence-corrected chi connectivity index (χ4v) is 1.27. The first-order valence-electron chi connectivity index (χ1n) is 4.50. The van der Waals surface area contributed by atoms with Crippen LogP contribution in [0.5, 0.6) is 0 Å². The summed E-state index contributed by atoms with van der Waals surface area (Å²) in [6, 6.07) is 1.79. The Kier molecular flexibility index (Phi) is 4.31. The highest BCUT2D eigenvalue weighted by Crippen LogP contribution is 2.14. The van der Waals surface area contributed by atoms with Crippen LogP contribution in [0.2, 0.25) is 0 Å². The van der Waals surface area contributed by atoms with Crippen molar-refractivity contribution >= 4 is 17.6 Å². The van der Waals surface area contributed by atoms with E-state index in [-0.39, 0.29) is 13.2 Å². The van der Waals surface area contributed by atoms with Gasteiger partial charge in [-0.15, -0.1) is 11.8 Å². The van der Waals surface area contributed by atoms with Crippen molar-refractivity contribution in [3.63, 3.8) is 0 Å². The molecule has 0 aliphatic rings. The standard InChI is InChI=1S/C9H15N3O2S/c1-9(14,5-13)4-10-7-3-8(15-2)12-6-11-7/h3,6,13-14H,4-5H2,1-2H3,(H,10,11,12). The van der Waals surface area contributed by atoms with Crippen molar-refractivity contribution in [3.8, 4) is 0 Å². The van der Waals surface area contributed by atoms with Crippen LogP contribution in [0.25, 0.3) is 0 Å². The SMILES string of the molecule is CSc1cc(NCC(C)(O)CO)ncn1. The van der Waals surface area contributed by atoms with Gasteiger partial charge in [-0.1, -0.05) is 0 Å². The Morgan fingerprint density at radius 2 is 2.27 bits per heavy atom. The van der Waals surface area contributed by atoms with Crippen molar-refractivity contribution in [1.82, 2.24) is 9.97 Å². The second-order valence-electron chi connectivity index (χ2n) is 3.45. The zero-order valence-electron chi connectivity index (χ0n) is 8.77. The summed E-state index contributed by atoms with van der Waals surface area (Å²) in [5, 5.41) is 22.2. The fourth-order valence-electron chi connectivity index (χ4n) is 0.885. The number of hydrogen-bond acceptors (Lipinski definition) is 6. The van der Waals surface area contributed by atoms with E-state index in [1.165, 1.54) is 18.1 Å². The number of aliphatic hydroxyl groups is 2. The van der Waals surface area contributed by atoms with E-state index in [4.69, 9.17) is 5.11 Å². The molecular weight excluding hydrogens is 214 g/mol. The number of anilines is 1. The molecule has 1 rings (SSSR count). The molecule has 0 aliphatic carbocycles. The molecule has 1 unspecified atom stereocenters. The molecule has 0 aromatic carbocycles. The first-order valence-corrected chi connectivity index (χ1v) is 5.73. The summed E-state index contributed by atoms with van der Waals surface area (Å²) >= 11 is 1.52. The first-order chi connectivity index (χ1) is 7.07. The molecule has 0 aliphatic heterocycles. The van der Waals surface area contributed by atoms with E-state index >= 15 is 0 Å². The number of aromatic nitrogens is 2. The molecule has 0 saturated heterocycles. The monoisotopic (exact) mass is 229 g/mol. The largest absolute Gasteiger partial charge is 0.393 e. The summed E-state index contributed by atoms with van der Waals surface area (Å²) in [4.78, 5) is 8.02. The average molecular weight is 229 g/mol. The predicted molar refractivity (Wildman–Crippen MR) is 60.0 cm³/mol. The lowest BCUT2D eigenvalue weighted by Gasteiger charge is -2.20. The third-order valence-electron chi connectivity index (χ3n) is 1.84. The van der Waals surface area contributed by atoms with Gasteiger partial charge in [0.2, 0.25) is 0 Å². The van der Waals surface area contributed by atoms with Crippen molar-refractivity contribution in [2.45, 2.75) is 17.6 Å². The zero-order chi connectivity index (χ0) is 11.3. The molecular formula is C9H15N3O2S. The van der Waals surface area contributed by atoms with Crippen LogP contribution in [0.15, 0.2) is 17.4 Å². The molecule has 6 heteroatoms. The van der Waals surface area contributed by atoms with Gasteiger partial charge in [0.1, 0.15) is 22.8 Å². The van der Waals surface area contributed by atoms with Gasteiger partial charge in [0.15, 0.2) is 0 Å². The smallest absolute Gasteiger partial charge is 0.130 e. The van der Waals surface area contributed by atoms with E-state index in [1.54, 1.807) is 13.0 Å². The number of nitrogens with one attached hydrogen (secondary N) is 1. The molecule has 0 radical (unpaired) electrons. The Morgan fingerprint density at radius 3 is 2.87 bits per heavy atom. The van der Waals surface area contributed by atoms with E-state index in [9.17, 15) is 5.11 Å². The van der Waals surface area contributed by atoms with Gasteiger partial charge in [-0.3, -0.25) is 0 Å². The summed E-state index contributed by atoms with van der Waals surface area (Å²) < 4.78 is 0. The van der Waals surface area contributed by atoms with Crippen molar-refractivity contribution in [2.24, 2.45) is 0 Å². The Morgan fingerprint density at radius 1 is 1.53 bits per heavy atom. The Labute approximate surface area is 93.0 Å². The molecule has 0 fully saturated rings. The van der Waals surface area contributed by atoms with E-state index in [0.29, 0.717) is 5.82 Å². The van der Waals surface area contributed by atoms with Gasteiger partial charge in [0.25, 0.3) is 0 Å². The maximum Gasteiger partial charge on any atom is 0.130 e. The van der Waals surface area contributed by atoms with Crippen molar-refractivity contribution in [3.05, 3.63) is 12.4 Å². The lowest BCUT2D eigenvalue weighted by molar-refractivity contribution is 0.0131. The molecule has 5 nitrogen and oxygen atoms in total. The quantitative estimate of drug-likeness (QED) is 0.499. The average Bonchev–Trinajstić information content (AvgIpc) is 2.27. The first kappa shape index (κ1) is 12.2. The molecule has 15 heavy (non-hydrogen) atoms. The second-order valence-corrected chi connectivity index (χ2v) is 4.28. The summed E-state index contributed by atoms with van der Waals surface area (Å²) in [5.41, 5.74) is -1.13. The molecule has 1 atom stereocenters. The normalized spacial score (nSPS) is 14.7. The van der Waals surface area contributed by atoms with Gasteiger partial charge in [-0.25, -0.2) is 9.97 Å². The maximum absolute atomic E-state index is 9.55. The van der Waals surface area contributed by atoms with Crippen LogP contribution in [0.3, 0.4) is 0 Å². The molecule has 84 valence electrons. The highest BCUT2D eigenvalue weighted by Gasteiger charge is 2.18. The molecule has 0 amide bonds. The van der Waals surface area contributed by atoms with Crippen LogP contribution >= 0.6 is 11.8 Å². The Balaban J connectivity index is 2.57. The Hall–Kier alpha value is -0.850. The molecule has 3 N–H and O–H groups in total. The van der Waals surface area contributed by atoms with Gasteiger partial charge < -0.3 is 15.5 Å². The van der Waals surface area contributed by atoms with Crippen molar-refractivity contribution in [1.29, 1.82) is 0 Å². The fraction of sp³-hybridized carbons (Fsp3) is 0.556. The van der Waals surface area contributed by atoms with Crippen LogP contribution in [0, 0.1) is 0 Å². The van der Waals surface area contributed by atoms with Crippen molar-refractivity contribution in [2.75, 3.05) is 24.7 Å². The summed E-state index contributed by atoms with van der Waals surface area (Å²) in [6.45, 7) is 1.51. The second kappa shape index (κ2) is 5.29. The van der Waals surface area contributed by atoms with Crippen LogP contribution in [-0.2, 0) is 0 Å². The van der Waals surface area contributed by atoms with Gasteiger partial charge >= 0.3 is 0 Å². The van der Waals surface area contributed by atoms with Crippen LogP contribution in [0.4, 0.5) is 5.82 Å². The van der Waals surface area contributed by atoms with Crippen LogP contribution < -0.4 is 5.32 Å². The van der Waals surface area contributed by atoms with Gasteiger partial charge in [-0.2, -0.15) is 0 Å². The summed E-state index contributed by atoms with van der Waals surface area (Å²) in [7, 11) is 0. The van der Waals surface area contributed by atoms with Gasteiger partial charge in [-0.05, 0) is 13.2 Å². The lowest BCUT2D eigenvalue weighted by Crippen LogP contribution is -2.37. The van der Waals surface area contributed by atoms with E-state index in [2.05, 4.69) is 15.3 Å². The van der Waals surface area contributed by atoms with Crippen molar-refractivity contribution < 1.29 is 10.2 Å².